The molecule has 0 atom stereocenters. The molecule has 2 N–H and O–H groups in total. The number of anilines is 2. The highest BCUT2D eigenvalue weighted by Crippen LogP contribution is 2.42. The van der Waals surface area contributed by atoms with Crippen LogP contribution in [-0.2, 0) is 14.3 Å². The van der Waals surface area contributed by atoms with Crippen LogP contribution in [0, 0.1) is 18.6 Å². The fourth-order valence-electron chi connectivity index (χ4n) is 2.98. The van der Waals surface area contributed by atoms with Crippen molar-refractivity contribution in [1.82, 2.24) is 0 Å². The highest BCUT2D eigenvalue weighted by atomic mass is 32.1. The van der Waals surface area contributed by atoms with Crippen LogP contribution in [-0.4, -0.2) is 31.0 Å². The summed E-state index contributed by atoms with van der Waals surface area (Å²) in [6, 6.07) is 6.21. The molecular formula is C22H20F2N2O5S. The maximum absolute atomic E-state index is 13.8. The number of hydrogen-bond donors (Lipinski definition) is 2. The first kappa shape index (κ1) is 23.1. The lowest BCUT2D eigenvalue weighted by atomic mass is 10.1. The zero-order valence-corrected chi connectivity index (χ0v) is 18.3. The lowest BCUT2D eigenvalue weighted by molar-refractivity contribution is -0.118. The predicted octanol–water partition coefficient (Wildman–Crippen LogP) is 4.64. The van der Waals surface area contributed by atoms with E-state index in [1.165, 1.54) is 6.92 Å². The molecular weight excluding hydrogens is 442 g/mol. The number of ether oxygens (including phenoxy) is 2. The van der Waals surface area contributed by atoms with Crippen molar-refractivity contribution >= 4 is 49.9 Å². The van der Waals surface area contributed by atoms with Gasteiger partial charge in [0.2, 0.25) is 5.91 Å². The molecule has 0 saturated heterocycles. The highest BCUT2D eigenvalue weighted by molar-refractivity contribution is 7.24. The van der Waals surface area contributed by atoms with Gasteiger partial charge in [-0.15, -0.1) is 11.3 Å². The summed E-state index contributed by atoms with van der Waals surface area (Å²) in [5.41, 5.74) is 0.706. The van der Waals surface area contributed by atoms with Gasteiger partial charge in [0.05, 0.1) is 17.0 Å². The van der Waals surface area contributed by atoms with E-state index in [1.807, 2.05) is 0 Å². The second-order valence-corrected chi connectivity index (χ2v) is 7.78. The maximum Gasteiger partial charge on any atom is 0.341 e. The lowest BCUT2D eigenvalue weighted by Gasteiger charge is -2.11. The van der Waals surface area contributed by atoms with Crippen molar-refractivity contribution in [3.63, 3.8) is 0 Å². The number of hydrogen-bond acceptors (Lipinski definition) is 6. The van der Waals surface area contributed by atoms with Crippen molar-refractivity contribution in [3.8, 4) is 5.75 Å². The van der Waals surface area contributed by atoms with Crippen molar-refractivity contribution in [2.45, 2.75) is 20.8 Å². The molecule has 0 saturated carbocycles. The van der Waals surface area contributed by atoms with Gasteiger partial charge in [-0.25, -0.2) is 13.6 Å². The summed E-state index contributed by atoms with van der Waals surface area (Å²) in [4.78, 5) is 36.4. The van der Waals surface area contributed by atoms with Crippen LogP contribution in [0.1, 0.15) is 29.8 Å². The zero-order chi connectivity index (χ0) is 23.4. The first-order chi connectivity index (χ1) is 15.2. The van der Waals surface area contributed by atoms with Gasteiger partial charge in [-0.05, 0) is 31.5 Å². The van der Waals surface area contributed by atoms with Gasteiger partial charge >= 0.3 is 5.97 Å². The molecule has 0 bridgehead atoms. The van der Waals surface area contributed by atoms with Crippen molar-refractivity contribution in [2.75, 3.05) is 23.8 Å². The SMILES string of the molecule is CCOC(=O)c1c(NC(C)=O)sc2c(OCC(=O)Nc3ccc(F)cc3F)c(C)ccc12. The Hall–Kier alpha value is -3.53. The molecule has 2 aromatic carbocycles. The third-order valence-corrected chi connectivity index (χ3v) is 5.45. The summed E-state index contributed by atoms with van der Waals surface area (Å²) < 4.78 is 38.2. The van der Waals surface area contributed by atoms with Crippen LogP contribution in [0.15, 0.2) is 30.3 Å². The Morgan fingerprint density at radius 3 is 2.50 bits per heavy atom. The topological polar surface area (TPSA) is 93.7 Å². The van der Waals surface area contributed by atoms with E-state index in [-0.39, 0.29) is 23.8 Å². The predicted molar refractivity (Wildman–Crippen MR) is 117 cm³/mol. The van der Waals surface area contributed by atoms with Gasteiger partial charge in [0.1, 0.15) is 27.9 Å². The van der Waals surface area contributed by atoms with Crippen LogP contribution in [0.4, 0.5) is 19.5 Å². The van der Waals surface area contributed by atoms with E-state index in [0.717, 1.165) is 23.5 Å². The molecule has 0 fully saturated rings. The van der Waals surface area contributed by atoms with Gasteiger partial charge < -0.3 is 20.1 Å². The number of carbonyl (C=O) groups is 3. The van der Waals surface area contributed by atoms with E-state index in [4.69, 9.17) is 9.47 Å². The van der Waals surface area contributed by atoms with Gasteiger partial charge in [-0.3, -0.25) is 9.59 Å². The zero-order valence-electron chi connectivity index (χ0n) is 17.5. The molecule has 0 spiro atoms. The van der Waals surface area contributed by atoms with Gasteiger partial charge in [0.15, 0.2) is 6.61 Å². The Labute approximate surface area is 186 Å². The molecule has 3 aromatic rings. The molecule has 0 radical (unpaired) electrons. The fraction of sp³-hybridized carbons (Fsp3) is 0.227. The number of rotatable bonds is 7. The second kappa shape index (κ2) is 9.73. The highest BCUT2D eigenvalue weighted by Gasteiger charge is 2.24. The molecule has 7 nitrogen and oxygen atoms in total. The number of fused-ring (bicyclic) bond motifs is 1. The van der Waals surface area contributed by atoms with E-state index < -0.39 is 30.1 Å². The average molecular weight is 462 g/mol. The van der Waals surface area contributed by atoms with Crippen LogP contribution < -0.4 is 15.4 Å². The molecule has 0 aliphatic rings. The molecule has 32 heavy (non-hydrogen) atoms. The number of halogens is 2. The van der Waals surface area contributed by atoms with Crippen LogP contribution in [0.2, 0.25) is 0 Å². The molecule has 0 aliphatic carbocycles. The van der Waals surface area contributed by atoms with Gasteiger partial charge in [-0.2, -0.15) is 0 Å². The fourth-order valence-corrected chi connectivity index (χ4v) is 4.27. The van der Waals surface area contributed by atoms with Crippen LogP contribution in [0.5, 0.6) is 5.75 Å². The van der Waals surface area contributed by atoms with Crippen molar-refractivity contribution in [1.29, 1.82) is 0 Å². The Kier molecular flexibility index (Phi) is 7.04. The molecule has 0 aliphatic heterocycles. The van der Waals surface area contributed by atoms with E-state index in [0.29, 0.717) is 32.5 Å². The Morgan fingerprint density at radius 1 is 1.09 bits per heavy atom. The number of carbonyl (C=O) groups excluding carboxylic acids is 3. The molecule has 10 heteroatoms. The largest absolute Gasteiger partial charge is 0.482 e. The van der Waals surface area contributed by atoms with E-state index in [9.17, 15) is 23.2 Å². The minimum atomic E-state index is -0.908. The average Bonchev–Trinajstić information content (AvgIpc) is 3.07. The van der Waals surface area contributed by atoms with E-state index >= 15 is 0 Å². The van der Waals surface area contributed by atoms with Gasteiger partial charge in [-0.1, -0.05) is 12.1 Å². The number of thiophene rings is 1. The Balaban J connectivity index is 1.90. The summed E-state index contributed by atoms with van der Waals surface area (Å²) >= 11 is 1.12. The van der Waals surface area contributed by atoms with Crippen molar-refractivity contribution in [2.24, 2.45) is 0 Å². The lowest BCUT2D eigenvalue weighted by Crippen LogP contribution is -2.21. The number of benzene rings is 2. The first-order valence-corrected chi connectivity index (χ1v) is 10.4. The molecule has 3 rings (SSSR count). The maximum atomic E-state index is 13.8. The summed E-state index contributed by atoms with van der Waals surface area (Å²) in [6.07, 6.45) is 0. The summed E-state index contributed by atoms with van der Waals surface area (Å²) in [7, 11) is 0. The van der Waals surface area contributed by atoms with Crippen molar-refractivity contribution in [3.05, 3.63) is 53.1 Å². The third-order valence-electron chi connectivity index (χ3n) is 4.33. The van der Waals surface area contributed by atoms with E-state index in [1.54, 1.807) is 26.0 Å². The minimum absolute atomic E-state index is 0.158. The van der Waals surface area contributed by atoms with Crippen LogP contribution in [0.3, 0.4) is 0 Å². The second-order valence-electron chi connectivity index (χ2n) is 6.76. The Morgan fingerprint density at radius 2 is 1.84 bits per heavy atom. The van der Waals surface area contributed by atoms with Crippen molar-refractivity contribution < 1.29 is 32.6 Å². The Bertz CT molecular complexity index is 1210. The molecule has 168 valence electrons. The smallest absolute Gasteiger partial charge is 0.341 e. The molecule has 2 amide bonds. The van der Waals surface area contributed by atoms with Gasteiger partial charge in [0, 0.05) is 18.4 Å². The summed E-state index contributed by atoms with van der Waals surface area (Å²) in [6.45, 7) is 4.45. The number of amides is 2. The van der Waals surface area contributed by atoms with Gasteiger partial charge in [0.25, 0.3) is 5.91 Å². The number of aryl methyl sites for hydroxylation is 1. The molecule has 0 unspecified atom stereocenters. The summed E-state index contributed by atoms with van der Waals surface area (Å²) in [5, 5.41) is 5.76. The van der Waals surface area contributed by atoms with Crippen LogP contribution in [0.25, 0.3) is 10.1 Å². The number of esters is 1. The van der Waals surface area contributed by atoms with E-state index in [2.05, 4.69) is 10.6 Å². The molecule has 1 aromatic heterocycles. The first-order valence-electron chi connectivity index (χ1n) is 9.59. The monoisotopic (exact) mass is 462 g/mol. The third kappa shape index (κ3) is 5.02. The molecule has 1 heterocycles. The quantitative estimate of drug-likeness (QED) is 0.499. The normalized spacial score (nSPS) is 10.7. The van der Waals surface area contributed by atoms with Crippen LogP contribution >= 0.6 is 11.3 Å². The minimum Gasteiger partial charge on any atom is -0.482 e. The number of nitrogens with one attached hydrogen (secondary N) is 2. The standard InChI is InChI=1S/C22H20F2N2O5S/c1-4-30-22(29)18-14-7-5-11(2)19(20(14)32-21(18)25-12(3)27)31-10-17(28)26-16-8-6-13(23)9-15(16)24/h5-9H,4,10H2,1-3H3,(H,25,27)(H,26,28). The summed E-state index contributed by atoms with van der Waals surface area (Å²) in [5.74, 6) is -2.94.